The minimum absolute atomic E-state index is 0.00571. The van der Waals surface area contributed by atoms with Gasteiger partial charge in [-0.25, -0.2) is 8.42 Å². The molecule has 3 rings (SSSR count). The molecule has 0 aliphatic carbocycles. The second-order valence-electron chi connectivity index (χ2n) is 7.56. The van der Waals surface area contributed by atoms with Gasteiger partial charge in [-0.3, -0.25) is 9.59 Å². The molecule has 0 aromatic heterocycles. The van der Waals surface area contributed by atoms with Gasteiger partial charge in [0, 0.05) is 24.7 Å². The SMILES string of the molecule is CS(=O)(=O)N(CC(=O)Nc1ccccc1C(=O)NCC1CCCO1)Cc1ccccc1Cl. The smallest absolute Gasteiger partial charge is 0.253 e. The summed E-state index contributed by atoms with van der Waals surface area (Å²) in [6, 6.07) is 13.4. The maximum absolute atomic E-state index is 12.7. The molecule has 8 nitrogen and oxygen atoms in total. The number of ether oxygens (including phenoxy) is 1. The Kier molecular flexibility index (Phi) is 8.25. The Balaban J connectivity index is 1.67. The van der Waals surface area contributed by atoms with Crippen molar-refractivity contribution in [1.82, 2.24) is 9.62 Å². The van der Waals surface area contributed by atoms with E-state index in [-0.39, 0.29) is 24.1 Å². The Hall–Kier alpha value is -2.46. The molecule has 0 spiro atoms. The predicted molar refractivity (Wildman–Crippen MR) is 123 cm³/mol. The number of nitrogens with zero attached hydrogens (tertiary/aromatic N) is 1. The maximum Gasteiger partial charge on any atom is 0.253 e. The van der Waals surface area contributed by atoms with E-state index in [1.165, 1.54) is 0 Å². The zero-order chi connectivity index (χ0) is 23.1. The minimum atomic E-state index is -3.69. The Morgan fingerprint density at radius 1 is 1.16 bits per heavy atom. The first-order valence-corrected chi connectivity index (χ1v) is 12.4. The molecule has 0 radical (unpaired) electrons. The van der Waals surface area contributed by atoms with Crippen LogP contribution in [0.2, 0.25) is 5.02 Å². The summed E-state index contributed by atoms with van der Waals surface area (Å²) in [5, 5.41) is 5.89. The van der Waals surface area contributed by atoms with E-state index in [2.05, 4.69) is 10.6 Å². The molecule has 1 fully saturated rings. The number of amides is 2. The van der Waals surface area contributed by atoms with Crippen molar-refractivity contribution < 1.29 is 22.7 Å². The van der Waals surface area contributed by atoms with Gasteiger partial charge in [0.2, 0.25) is 15.9 Å². The van der Waals surface area contributed by atoms with Crippen LogP contribution in [0.4, 0.5) is 5.69 Å². The number of nitrogens with one attached hydrogen (secondary N) is 2. The first-order valence-electron chi connectivity index (χ1n) is 10.2. The van der Waals surface area contributed by atoms with Crippen LogP contribution in [0, 0.1) is 0 Å². The topological polar surface area (TPSA) is 105 Å². The van der Waals surface area contributed by atoms with Crippen molar-refractivity contribution in [3.05, 3.63) is 64.7 Å². The molecule has 1 heterocycles. The molecule has 1 aliphatic rings. The molecule has 2 aromatic rings. The number of benzene rings is 2. The molecule has 1 unspecified atom stereocenters. The molecule has 0 bridgehead atoms. The van der Waals surface area contributed by atoms with Crippen LogP contribution in [-0.2, 0) is 26.1 Å². The summed E-state index contributed by atoms with van der Waals surface area (Å²) in [5.41, 5.74) is 1.17. The van der Waals surface area contributed by atoms with Crippen LogP contribution in [0.25, 0.3) is 0 Å². The van der Waals surface area contributed by atoms with Crippen LogP contribution in [-0.4, -0.2) is 56.6 Å². The number of sulfonamides is 1. The molecule has 1 saturated heterocycles. The lowest BCUT2D eigenvalue weighted by Crippen LogP contribution is -2.37. The normalized spacial score (nSPS) is 16.2. The van der Waals surface area contributed by atoms with Gasteiger partial charge in [0.25, 0.3) is 5.91 Å². The van der Waals surface area contributed by atoms with Crippen LogP contribution >= 0.6 is 11.6 Å². The Morgan fingerprint density at radius 2 is 1.88 bits per heavy atom. The molecule has 10 heteroatoms. The van der Waals surface area contributed by atoms with Gasteiger partial charge in [-0.05, 0) is 36.6 Å². The second kappa shape index (κ2) is 10.9. The Bertz CT molecular complexity index is 1070. The number of carbonyl (C=O) groups is 2. The fourth-order valence-electron chi connectivity index (χ4n) is 3.35. The van der Waals surface area contributed by atoms with Gasteiger partial charge in [0.1, 0.15) is 0 Å². The lowest BCUT2D eigenvalue weighted by molar-refractivity contribution is -0.116. The van der Waals surface area contributed by atoms with E-state index in [4.69, 9.17) is 16.3 Å². The molecule has 1 atom stereocenters. The van der Waals surface area contributed by atoms with Gasteiger partial charge in [-0.15, -0.1) is 0 Å². The van der Waals surface area contributed by atoms with Crippen molar-refractivity contribution >= 4 is 39.1 Å². The molecular formula is C22H26ClN3O5S. The predicted octanol–water partition coefficient (Wildman–Crippen LogP) is 2.65. The largest absolute Gasteiger partial charge is 0.376 e. The molecule has 172 valence electrons. The van der Waals surface area contributed by atoms with Gasteiger partial charge in [-0.1, -0.05) is 41.9 Å². The number of carbonyl (C=O) groups excluding carboxylic acids is 2. The third-order valence-corrected chi connectivity index (χ3v) is 6.62. The number of hydrogen-bond acceptors (Lipinski definition) is 5. The van der Waals surface area contributed by atoms with E-state index in [1.54, 1.807) is 48.5 Å². The summed E-state index contributed by atoms with van der Waals surface area (Å²) in [6.45, 7) is 0.615. The molecular weight excluding hydrogens is 454 g/mol. The fraction of sp³-hybridized carbons (Fsp3) is 0.364. The van der Waals surface area contributed by atoms with E-state index in [9.17, 15) is 18.0 Å². The second-order valence-corrected chi connectivity index (χ2v) is 9.95. The summed E-state index contributed by atoms with van der Waals surface area (Å²) < 4.78 is 31.0. The minimum Gasteiger partial charge on any atom is -0.376 e. The van der Waals surface area contributed by atoms with Gasteiger partial charge >= 0.3 is 0 Å². The van der Waals surface area contributed by atoms with Crippen molar-refractivity contribution in [3.8, 4) is 0 Å². The number of para-hydroxylation sites is 1. The monoisotopic (exact) mass is 479 g/mol. The standard InChI is InChI=1S/C22H26ClN3O5S/c1-32(29,30)26(14-16-7-2-4-10-19(16)23)15-21(27)25-20-11-5-3-9-18(20)22(28)24-13-17-8-6-12-31-17/h2-5,7,9-11,17H,6,8,12-15H2,1H3,(H,24,28)(H,25,27). The summed E-state index contributed by atoms with van der Waals surface area (Å²) in [7, 11) is -3.69. The lowest BCUT2D eigenvalue weighted by atomic mass is 10.1. The number of rotatable bonds is 9. The Labute approximate surface area is 192 Å². The van der Waals surface area contributed by atoms with Crippen LogP contribution in [0.1, 0.15) is 28.8 Å². The zero-order valence-electron chi connectivity index (χ0n) is 17.7. The van der Waals surface area contributed by atoms with Crippen molar-refractivity contribution in [2.24, 2.45) is 0 Å². The van der Waals surface area contributed by atoms with E-state index >= 15 is 0 Å². The first kappa shape index (κ1) is 24.2. The zero-order valence-corrected chi connectivity index (χ0v) is 19.3. The highest BCUT2D eigenvalue weighted by Gasteiger charge is 2.23. The van der Waals surface area contributed by atoms with Gasteiger partial charge < -0.3 is 15.4 Å². The molecule has 1 aliphatic heterocycles. The van der Waals surface area contributed by atoms with E-state index in [0.717, 1.165) is 23.4 Å². The molecule has 32 heavy (non-hydrogen) atoms. The van der Waals surface area contributed by atoms with E-state index in [0.29, 0.717) is 29.4 Å². The van der Waals surface area contributed by atoms with Crippen molar-refractivity contribution in [2.45, 2.75) is 25.5 Å². The molecule has 2 aromatic carbocycles. The summed E-state index contributed by atoms with van der Waals surface area (Å²) in [4.78, 5) is 25.3. The van der Waals surface area contributed by atoms with Gasteiger partial charge in [0.15, 0.2) is 0 Å². The molecule has 0 saturated carbocycles. The third-order valence-electron chi connectivity index (χ3n) is 5.05. The Morgan fingerprint density at radius 3 is 2.56 bits per heavy atom. The van der Waals surface area contributed by atoms with Crippen LogP contribution in [0.5, 0.6) is 0 Å². The highest BCUT2D eigenvalue weighted by Crippen LogP contribution is 2.19. The van der Waals surface area contributed by atoms with Crippen molar-refractivity contribution in [1.29, 1.82) is 0 Å². The summed E-state index contributed by atoms with van der Waals surface area (Å²) in [5.74, 6) is -0.908. The van der Waals surface area contributed by atoms with Crippen LogP contribution < -0.4 is 10.6 Å². The van der Waals surface area contributed by atoms with E-state index < -0.39 is 22.5 Å². The lowest BCUT2D eigenvalue weighted by Gasteiger charge is -2.20. The number of hydrogen-bond donors (Lipinski definition) is 2. The highest BCUT2D eigenvalue weighted by molar-refractivity contribution is 7.88. The van der Waals surface area contributed by atoms with Gasteiger partial charge in [0.05, 0.1) is 30.2 Å². The third kappa shape index (κ3) is 6.77. The average molecular weight is 480 g/mol. The quantitative estimate of drug-likeness (QED) is 0.575. The van der Waals surface area contributed by atoms with Crippen molar-refractivity contribution in [2.75, 3.05) is 31.3 Å². The van der Waals surface area contributed by atoms with Crippen molar-refractivity contribution in [3.63, 3.8) is 0 Å². The first-order chi connectivity index (χ1) is 15.2. The van der Waals surface area contributed by atoms with Crippen LogP contribution in [0.15, 0.2) is 48.5 Å². The van der Waals surface area contributed by atoms with E-state index in [1.807, 2.05) is 0 Å². The maximum atomic E-state index is 12.7. The highest BCUT2D eigenvalue weighted by atomic mass is 35.5. The fourth-order valence-corrected chi connectivity index (χ4v) is 4.27. The molecule has 2 amide bonds. The molecule has 2 N–H and O–H groups in total. The van der Waals surface area contributed by atoms with Gasteiger partial charge in [-0.2, -0.15) is 4.31 Å². The average Bonchev–Trinajstić information content (AvgIpc) is 3.26. The summed E-state index contributed by atoms with van der Waals surface area (Å²) >= 11 is 6.14. The number of anilines is 1. The summed E-state index contributed by atoms with van der Waals surface area (Å²) in [6.07, 6.45) is 2.89. The van der Waals surface area contributed by atoms with Crippen LogP contribution in [0.3, 0.4) is 0 Å². The number of halogens is 1.